The van der Waals surface area contributed by atoms with Crippen LogP contribution >= 0.6 is 0 Å². The first-order valence-electron chi connectivity index (χ1n) is 1.99. The Hall–Kier alpha value is -0.930. The number of hydrogen-bond donors (Lipinski definition) is 0. The second-order valence-corrected chi connectivity index (χ2v) is 0.902. The molecule has 1 aromatic heterocycles. The molecule has 1 aromatic rings. The average Bonchev–Trinajstić information content (AvgIpc) is 1.91. The van der Waals surface area contributed by atoms with Crippen LogP contribution in [-0.2, 0) is 7.05 Å². The van der Waals surface area contributed by atoms with Gasteiger partial charge in [-0.15, -0.1) is 5.10 Å². The van der Waals surface area contributed by atoms with Gasteiger partial charge in [-0.25, -0.2) is 4.68 Å². The van der Waals surface area contributed by atoms with Crippen LogP contribution in [0.5, 0.6) is 0 Å². The van der Waals surface area contributed by atoms with Crippen molar-refractivity contribution in [3.8, 4) is 0 Å². The van der Waals surface area contributed by atoms with Gasteiger partial charge in [-0.3, -0.25) is 0 Å². The zero-order chi connectivity index (χ0) is 5.28. The summed E-state index contributed by atoms with van der Waals surface area (Å²) < 4.78 is 8.10. The molecule has 4 heteroatoms. The average molecular weight is 85.1 g/mol. The molecule has 0 saturated heterocycles. The van der Waals surface area contributed by atoms with Gasteiger partial charge in [0, 0.05) is 7.05 Å². The third-order valence-corrected chi connectivity index (χ3v) is 0.408. The van der Waals surface area contributed by atoms with E-state index in [0.29, 0.717) is 0 Å². The van der Waals surface area contributed by atoms with Gasteiger partial charge in [0.1, 0.15) is 7.67 Å². The minimum atomic E-state index is 0.0833. The molecular weight excluding hydrogens is 80.0 g/mol. The van der Waals surface area contributed by atoms with Crippen LogP contribution in [0.4, 0.5) is 0 Å². The van der Waals surface area contributed by atoms with Crippen molar-refractivity contribution >= 4 is 0 Å². The molecule has 0 unspecified atom stereocenters. The molecule has 4 nitrogen and oxygen atoms in total. The summed E-state index contributed by atoms with van der Waals surface area (Å²) >= 11 is 0. The van der Waals surface area contributed by atoms with E-state index in [0.717, 1.165) is 0 Å². The molecule has 0 atom stereocenters. The highest BCUT2D eigenvalue weighted by atomic mass is 15.5. The lowest BCUT2D eigenvalue weighted by Gasteiger charge is -1.71. The van der Waals surface area contributed by atoms with E-state index in [1.165, 1.54) is 4.68 Å². The molecule has 32 valence electrons. The first kappa shape index (κ1) is 2.28. The number of rotatable bonds is 0. The highest BCUT2D eigenvalue weighted by Gasteiger charge is 1.72. The van der Waals surface area contributed by atoms with E-state index < -0.39 is 0 Å². The molecule has 0 amide bonds. The summed E-state index contributed by atoms with van der Waals surface area (Å²) in [7, 11) is 1.61. The van der Waals surface area contributed by atoms with Gasteiger partial charge in [0.05, 0.1) is 0 Å². The molecular formula is C2H4N4. The molecule has 0 aliphatic rings. The van der Waals surface area contributed by atoms with Crippen molar-refractivity contribution in [1.29, 1.82) is 0 Å². The lowest BCUT2D eigenvalue weighted by Crippen LogP contribution is -1.85. The van der Waals surface area contributed by atoms with Crippen molar-refractivity contribution in [2.24, 2.45) is 7.05 Å². The van der Waals surface area contributed by atoms with Crippen LogP contribution in [0.2, 0.25) is 0 Å². The van der Waals surface area contributed by atoms with Gasteiger partial charge in [0.15, 0.2) is 0 Å². The Morgan fingerprint density at radius 2 is 2.83 bits per heavy atom. The van der Waals surface area contributed by atoms with Gasteiger partial charge in [0.25, 0.3) is 0 Å². The lowest BCUT2D eigenvalue weighted by atomic mass is 11.2. The molecule has 1 heterocycles. The maximum Gasteiger partial charge on any atom is 0.137 e. The molecule has 0 aromatic carbocycles. The van der Waals surface area contributed by atoms with Crippen molar-refractivity contribution in [3.05, 3.63) is 6.30 Å². The number of nitrogens with zero attached hydrogens (tertiary/aromatic N) is 4. The number of aryl methyl sites for hydroxylation is 1. The summed E-state index contributed by atoms with van der Waals surface area (Å²) in [4.78, 5) is 0. The van der Waals surface area contributed by atoms with E-state index in [2.05, 4.69) is 15.5 Å². The summed E-state index contributed by atoms with van der Waals surface area (Å²) in [6.45, 7) is 0. The highest BCUT2D eigenvalue weighted by molar-refractivity contribution is 4.35. The first-order valence-corrected chi connectivity index (χ1v) is 1.49. The van der Waals surface area contributed by atoms with Crippen molar-refractivity contribution < 1.29 is 1.37 Å². The largest absolute Gasteiger partial charge is 0.236 e. The first-order chi connectivity index (χ1) is 3.30. The quantitative estimate of drug-likeness (QED) is 0.414. The predicted molar refractivity (Wildman–Crippen MR) is 18.8 cm³/mol. The van der Waals surface area contributed by atoms with Crippen LogP contribution in [0.1, 0.15) is 1.37 Å². The monoisotopic (exact) mass is 85.0 g/mol. The van der Waals surface area contributed by atoms with Gasteiger partial charge in [-0.2, -0.15) is 0 Å². The van der Waals surface area contributed by atoms with Crippen molar-refractivity contribution in [1.82, 2.24) is 20.2 Å². The van der Waals surface area contributed by atoms with Crippen LogP contribution in [0, 0.1) is 0 Å². The number of tetrazole rings is 1. The number of hydrogen-bond acceptors (Lipinski definition) is 3. The van der Waals surface area contributed by atoms with Crippen molar-refractivity contribution in [2.75, 3.05) is 0 Å². The molecule has 0 radical (unpaired) electrons. The molecule has 6 heavy (non-hydrogen) atoms. The molecule has 1 rings (SSSR count). The fourth-order valence-corrected chi connectivity index (χ4v) is 0.185. The Labute approximate surface area is 36.2 Å². The van der Waals surface area contributed by atoms with Crippen LogP contribution in [-0.4, -0.2) is 20.2 Å². The maximum atomic E-state index is 6.83. The molecule has 0 fully saturated rings. The zero-order valence-electron chi connectivity index (χ0n) is 4.29. The second-order valence-electron chi connectivity index (χ2n) is 0.902. The fourth-order valence-electron chi connectivity index (χ4n) is 0.185. The maximum absolute atomic E-state index is 6.83. The smallest absolute Gasteiger partial charge is 0.137 e. The molecule has 0 aliphatic carbocycles. The zero-order valence-corrected chi connectivity index (χ0v) is 3.29. The standard InChI is InChI=1S/C2H4N4/c1-6-2-3-4-5-6/h2H,1H3/i2D. The Morgan fingerprint density at radius 1 is 2.00 bits per heavy atom. The van der Waals surface area contributed by atoms with Crippen LogP contribution in [0.3, 0.4) is 0 Å². The lowest BCUT2D eigenvalue weighted by molar-refractivity contribution is 0.710. The predicted octanol–water partition coefficient (Wildman–Crippen LogP) is -0.790. The summed E-state index contributed by atoms with van der Waals surface area (Å²) in [6.07, 6.45) is 0.0833. The van der Waals surface area contributed by atoms with Gasteiger partial charge in [-0.1, -0.05) is 0 Å². The van der Waals surface area contributed by atoms with E-state index in [1.54, 1.807) is 7.05 Å². The van der Waals surface area contributed by atoms with Crippen LogP contribution in [0.25, 0.3) is 0 Å². The van der Waals surface area contributed by atoms with Crippen LogP contribution in [0.15, 0.2) is 6.30 Å². The molecule has 0 bridgehead atoms. The summed E-state index contributed by atoms with van der Waals surface area (Å²) in [5.41, 5.74) is 0. The van der Waals surface area contributed by atoms with Crippen LogP contribution < -0.4 is 0 Å². The topological polar surface area (TPSA) is 43.6 Å². The fraction of sp³-hybridized carbons (Fsp3) is 0.500. The van der Waals surface area contributed by atoms with Crippen molar-refractivity contribution in [2.45, 2.75) is 0 Å². The molecule has 0 saturated carbocycles. The van der Waals surface area contributed by atoms with E-state index in [1.807, 2.05) is 0 Å². The Balaban J connectivity index is 3.12. The Morgan fingerprint density at radius 3 is 3.00 bits per heavy atom. The second kappa shape index (κ2) is 1.04. The minimum absolute atomic E-state index is 0.0833. The van der Waals surface area contributed by atoms with E-state index in [4.69, 9.17) is 1.37 Å². The SMILES string of the molecule is [2H]c1nnnn1C. The highest BCUT2D eigenvalue weighted by Crippen LogP contribution is 1.58. The Kier molecular flexibility index (Phi) is 0.396. The third-order valence-electron chi connectivity index (χ3n) is 0.408. The summed E-state index contributed by atoms with van der Waals surface area (Å²) in [6, 6.07) is 0. The van der Waals surface area contributed by atoms with E-state index in [9.17, 15) is 0 Å². The van der Waals surface area contributed by atoms with E-state index >= 15 is 0 Å². The summed E-state index contributed by atoms with van der Waals surface area (Å²) in [5.74, 6) is 0. The van der Waals surface area contributed by atoms with Gasteiger partial charge in [0.2, 0.25) is 0 Å². The Bertz CT molecular complexity index is 142. The summed E-state index contributed by atoms with van der Waals surface area (Å²) in [5, 5.41) is 9.87. The minimum Gasteiger partial charge on any atom is -0.236 e. The van der Waals surface area contributed by atoms with Gasteiger partial charge in [-0.05, 0) is 10.4 Å². The molecule has 0 N–H and O–H groups in total. The third kappa shape index (κ3) is 0.357. The van der Waals surface area contributed by atoms with Crippen molar-refractivity contribution in [3.63, 3.8) is 0 Å². The molecule has 0 spiro atoms. The van der Waals surface area contributed by atoms with E-state index in [-0.39, 0.29) is 6.30 Å². The van der Waals surface area contributed by atoms with Gasteiger partial charge < -0.3 is 0 Å². The molecule has 0 aliphatic heterocycles. The number of aromatic nitrogens is 4. The van der Waals surface area contributed by atoms with Gasteiger partial charge >= 0.3 is 0 Å². The normalized spacial score (nSPS) is 11.2.